The van der Waals surface area contributed by atoms with Gasteiger partial charge in [0.1, 0.15) is 11.9 Å². The van der Waals surface area contributed by atoms with Crippen LogP contribution in [0.3, 0.4) is 0 Å². The topological polar surface area (TPSA) is 58.2 Å². The second-order valence-electron chi connectivity index (χ2n) is 8.36. The van der Waals surface area contributed by atoms with Gasteiger partial charge in [0.05, 0.1) is 11.1 Å². The van der Waals surface area contributed by atoms with Crippen molar-refractivity contribution < 1.29 is 27.2 Å². The fourth-order valence-corrected chi connectivity index (χ4v) is 3.04. The number of benzene rings is 2. The van der Waals surface area contributed by atoms with Crippen LogP contribution < -0.4 is 10.6 Å². The number of alkyl halides is 3. The molecule has 2 aromatic rings. The summed E-state index contributed by atoms with van der Waals surface area (Å²) in [6.45, 7) is 6.93. The summed E-state index contributed by atoms with van der Waals surface area (Å²) in [4.78, 5) is 25.1. The highest BCUT2D eigenvalue weighted by Crippen LogP contribution is 2.32. The van der Waals surface area contributed by atoms with Crippen LogP contribution in [-0.4, -0.2) is 24.4 Å². The van der Waals surface area contributed by atoms with Gasteiger partial charge in [0.25, 0.3) is 5.91 Å². The standard InChI is InChI=1S/C23H26F4N2O2/c1-14(2)19(29-20(30)17-10-5-6-11-18(17)24)21(31)28-13-22(3,4)15-8-7-9-16(12-15)23(25,26)27/h5-12,14,19H,13H2,1-4H3,(H,28,31)(H,29,30). The molecule has 31 heavy (non-hydrogen) atoms. The van der Waals surface area contributed by atoms with E-state index in [4.69, 9.17) is 0 Å². The molecule has 0 saturated carbocycles. The van der Waals surface area contributed by atoms with Crippen molar-refractivity contribution in [2.45, 2.75) is 45.3 Å². The van der Waals surface area contributed by atoms with Crippen LogP contribution in [0.15, 0.2) is 48.5 Å². The highest BCUT2D eigenvalue weighted by molar-refractivity contribution is 5.97. The van der Waals surface area contributed by atoms with Crippen molar-refractivity contribution in [3.8, 4) is 0 Å². The SMILES string of the molecule is CC(C)C(NC(=O)c1ccccc1F)C(=O)NCC(C)(C)c1cccc(C(F)(F)F)c1. The van der Waals surface area contributed by atoms with Crippen LogP contribution in [0.4, 0.5) is 17.6 Å². The van der Waals surface area contributed by atoms with E-state index in [1.807, 2.05) is 0 Å². The molecule has 0 aromatic heterocycles. The van der Waals surface area contributed by atoms with Crippen molar-refractivity contribution in [2.75, 3.05) is 6.54 Å². The molecular weight excluding hydrogens is 412 g/mol. The molecular formula is C23H26F4N2O2. The lowest BCUT2D eigenvalue weighted by atomic mass is 9.83. The van der Waals surface area contributed by atoms with Gasteiger partial charge in [0, 0.05) is 12.0 Å². The maximum Gasteiger partial charge on any atom is 0.416 e. The minimum absolute atomic E-state index is 0.0476. The number of hydrogen-bond donors (Lipinski definition) is 2. The molecule has 2 rings (SSSR count). The van der Waals surface area contributed by atoms with Crippen molar-refractivity contribution in [3.63, 3.8) is 0 Å². The molecule has 0 spiro atoms. The number of rotatable bonds is 7. The minimum atomic E-state index is -4.46. The molecule has 8 heteroatoms. The van der Waals surface area contributed by atoms with E-state index >= 15 is 0 Å². The number of halogens is 4. The number of amides is 2. The summed E-state index contributed by atoms with van der Waals surface area (Å²) < 4.78 is 52.9. The first-order valence-electron chi connectivity index (χ1n) is 9.84. The first-order chi connectivity index (χ1) is 14.3. The van der Waals surface area contributed by atoms with Gasteiger partial charge in [-0.15, -0.1) is 0 Å². The summed E-state index contributed by atoms with van der Waals surface area (Å²) >= 11 is 0. The highest BCUT2D eigenvalue weighted by Gasteiger charge is 2.33. The Morgan fingerprint density at radius 1 is 0.968 bits per heavy atom. The van der Waals surface area contributed by atoms with Gasteiger partial charge in [0.2, 0.25) is 5.91 Å². The lowest BCUT2D eigenvalue weighted by Gasteiger charge is -2.29. The van der Waals surface area contributed by atoms with Crippen LogP contribution in [0.1, 0.15) is 49.2 Å². The third kappa shape index (κ3) is 6.29. The molecule has 2 aromatic carbocycles. The third-order valence-corrected chi connectivity index (χ3v) is 5.03. The van der Waals surface area contributed by atoms with E-state index in [1.165, 1.54) is 24.3 Å². The first-order valence-corrected chi connectivity index (χ1v) is 9.84. The summed E-state index contributed by atoms with van der Waals surface area (Å²) in [6, 6.07) is 9.44. The smallest absolute Gasteiger partial charge is 0.353 e. The van der Waals surface area contributed by atoms with Gasteiger partial charge in [-0.05, 0) is 29.7 Å². The Morgan fingerprint density at radius 2 is 1.58 bits per heavy atom. The van der Waals surface area contributed by atoms with Crippen molar-refractivity contribution in [1.29, 1.82) is 0 Å². The Hall–Kier alpha value is -2.90. The molecule has 1 unspecified atom stereocenters. The molecule has 4 nitrogen and oxygen atoms in total. The zero-order valence-electron chi connectivity index (χ0n) is 17.8. The first kappa shape index (κ1) is 24.4. The summed E-state index contributed by atoms with van der Waals surface area (Å²) in [5.74, 6) is -2.22. The van der Waals surface area contributed by atoms with Gasteiger partial charge >= 0.3 is 6.18 Å². The average molecular weight is 438 g/mol. The van der Waals surface area contributed by atoms with E-state index in [-0.39, 0.29) is 18.0 Å². The minimum Gasteiger partial charge on any atom is -0.353 e. The van der Waals surface area contributed by atoms with Crippen LogP contribution in [0.2, 0.25) is 0 Å². The second kappa shape index (κ2) is 9.49. The van der Waals surface area contributed by atoms with Crippen LogP contribution >= 0.6 is 0 Å². The Morgan fingerprint density at radius 3 is 2.16 bits per heavy atom. The molecule has 0 radical (unpaired) electrons. The number of hydrogen-bond acceptors (Lipinski definition) is 2. The summed E-state index contributed by atoms with van der Waals surface area (Å²) in [5.41, 5.74) is -1.32. The maximum absolute atomic E-state index is 13.9. The summed E-state index contributed by atoms with van der Waals surface area (Å²) in [6.07, 6.45) is -4.46. The van der Waals surface area contributed by atoms with Crippen LogP contribution in [0, 0.1) is 11.7 Å². The Labute approximate surface area is 179 Å². The van der Waals surface area contributed by atoms with Gasteiger partial charge in [0.15, 0.2) is 0 Å². The van der Waals surface area contributed by atoms with Crippen molar-refractivity contribution >= 4 is 11.8 Å². The molecule has 0 heterocycles. The van der Waals surface area contributed by atoms with E-state index in [1.54, 1.807) is 33.8 Å². The van der Waals surface area contributed by atoms with Crippen molar-refractivity contribution in [2.24, 2.45) is 5.92 Å². The van der Waals surface area contributed by atoms with Crippen LogP contribution in [0.25, 0.3) is 0 Å². The predicted molar refractivity (Wildman–Crippen MR) is 110 cm³/mol. The lowest BCUT2D eigenvalue weighted by Crippen LogP contribution is -2.51. The average Bonchev–Trinajstić information content (AvgIpc) is 2.69. The fourth-order valence-electron chi connectivity index (χ4n) is 3.04. The summed E-state index contributed by atoms with van der Waals surface area (Å²) in [5, 5.41) is 5.24. The van der Waals surface area contributed by atoms with E-state index in [2.05, 4.69) is 10.6 Å². The van der Waals surface area contributed by atoms with Crippen LogP contribution in [-0.2, 0) is 16.4 Å². The van der Waals surface area contributed by atoms with Gasteiger partial charge in [-0.1, -0.05) is 58.0 Å². The summed E-state index contributed by atoms with van der Waals surface area (Å²) in [7, 11) is 0. The molecule has 0 saturated heterocycles. The predicted octanol–water partition coefficient (Wildman–Crippen LogP) is 4.69. The fraction of sp³-hybridized carbons (Fsp3) is 0.391. The van der Waals surface area contributed by atoms with E-state index in [0.29, 0.717) is 5.56 Å². The zero-order chi connectivity index (χ0) is 23.4. The van der Waals surface area contributed by atoms with Gasteiger partial charge in [-0.3, -0.25) is 9.59 Å². The molecule has 0 fully saturated rings. The zero-order valence-corrected chi connectivity index (χ0v) is 17.8. The Bertz CT molecular complexity index is 939. The molecule has 0 bridgehead atoms. The maximum atomic E-state index is 13.9. The van der Waals surface area contributed by atoms with Crippen molar-refractivity contribution in [1.82, 2.24) is 10.6 Å². The highest BCUT2D eigenvalue weighted by atomic mass is 19.4. The number of carbonyl (C=O) groups excluding carboxylic acids is 2. The normalized spacial score (nSPS) is 13.1. The van der Waals surface area contributed by atoms with Crippen LogP contribution in [0.5, 0.6) is 0 Å². The third-order valence-electron chi connectivity index (χ3n) is 5.03. The van der Waals surface area contributed by atoms with Gasteiger partial charge < -0.3 is 10.6 Å². The number of nitrogens with one attached hydrogen (secondary N) is 2. The monoisotopic (exact) mass is 438 g/mol. The van der Waals surface area contributed by atoms with E-state index in [9.17, 15) is 27.2 Å². The molecule has 0 aliphatic heterocycles. The van der Waals surface area contributed by atoms with Crippen molar-refractivity contribution in [3.05, 3.63) is 71.0 Å². The van der Waals surface area contributed by atoms with Gasteiger partial charge in [-0.2, -0.15) is 13.2 Å². The molecule has 168 valence electrons. The lowest BCUT2D eigenvalue weighted by molar-refractivity contribution is -0.137. The number of carbonyl (C=O) groups is 2. The largest absolute Gasteiger partial charge is 0.416 e. The van der Waals surface area contributed by atoms with E-state index in [0.717, 1.165) is 18.2 Å². The molecule has 2 N–H and O–H groups in total. The second-order valence-corrected chi connectivity index (χ2v) is 8.36. The van der Waals surface area contributed by atoms with E-state index < -0.39 is 40.8 Å². The Balaban J connectivity index is 2.11. The molecule has 0 aliphatic rings. The molecule has 0 aliphatic carbocycles. The molecule has 1 atom stereocenters. The molecule has 2 amide bonds. The quantitative estimate of drug-likeness (QED) is 0.616. The Kier molecular flexibility index (Phi) is 7.46. The van der Waals surface area contributed by atoms with Gasteiger partial charge in [-0.25, -0.2) is 4.39 Å².